The van der Waals surface area contributed by atoms with Crippen molar-refractivity contribution in [3.05, 3.63) is 17.3 Å². The first kappa shape index (κ1) is 14.3. The number of nitrogens with one attached hydrogen (secondary N) is 1. The van der Waals surface area contributed by atoms with Crippen molar-refractivity contribution in [1.29, 1.82) is 0 Å². The Morgan fingerprint density at radius 3 is 2.84 bits per heavy atom. The third kappa shape index (κ3) is 2.91. The molecule has 106 valence electrons. The van der Waals surface area contributed by atoms with Crippen LogP contribution in [-0.2, 0) is 6.54 Å². The lowest BCUT2D eigenvalue weighted by atomic mass is 9.98. The van der Waals surface area contributed by atoms with Crippen LogP contribution in [0, 0.1) is 0 Å². The summed E-state index contributed by atoms with van der Waals surface area (Å²) in [5, 5.41) is 15.5. The summed E-state index contributed by atoms with van der Waals surface area (Å²) < 4.78 is 7.32. The molecule has 6 heteroatoms. The minimum absolute atomic E-state index is 0.570. The molecule has 0 aliphatic carbocycles. The van der Waals surface area contributed by atoms with Crippen molar-refractivity contribution in [3.63, 3.8) is 0 Å². The van der Waals surface area contributed by atoms with E-state index in [0.29, 0.717) is 19.0 Å². The Morgan fingerprint density at radius 1 is 1.47 bits per heavy atom. The normalized spacial score (nSPS) is 12.2. The van der Waals surface area contributed by atoms with Gasteiger partial charge in [0.2, 0.25) is 5.88 Å². The summed E-state index contributed by atoms with van der Waals surface area (Å²) in [4.78, 5) is 5.33. The average molecular weight is 283 g/mol. The zero-order chi connectivity index (χ0) is 13.9. The third-order valence-electron chi connectivity index (χ3n) is 3.58. The van der Waals surface area contributed by atoms with Crippen LogP contribution in [0.2, 0.25) is 0 Å². The number of methoxy groups -OCH3 is 1. The van der Waals surface area contributed by atoms with Gasteiger partial charge in [-0.3, -0.25) is 4.40 Å². The molecule has 0 aromatic carbocycles. The zero-order valence-corrected chi connectivity index (χ0v) is 12.5. The van der Waals surface area contributed by atoms with Gasteiger partial charge in [0.25, 0.3) is 0 Å². The average Bonchev–Trinajstić information content (AvgIpc) is 3.00. The minimum Gasteiger partial charge on any atom is -0.480 e. The van der Waals surface area contributed by atoms with Gasteiger partial charge < -0.3 is 15.2 Å². The molecule has 0 amide bonds. The molecule has 0 saturated heterocycles. The number of hydrogen-bond donors (Lipinski definition) is 2. The fraction of sp³-hybridized carbons (Fsp3) is 0.615. The fourth-order valence-electron chi connectivity index (χ4n) is 2.05. The molecule has 2 aromatic heterocycles. The highest BCUT2D eigenvalue weighted by molar-refractivity contribution is 7.15. The number of nitrogens with zero attached hydrogens (tertiary/aromatic N) is 2. The number of aliphatic hydroxyl groups is 1. The molecular weight excluding hydrogens is 262 g/mol. The standard InChI is InChI=1S/C13H21N3O2S/c1-4-13(17,5-2)9-14-8-10-11(18-3)15-12-16(10)6-7-19-12/h6-7,14,17H,4-5,8-9H2,1-3H3. The maximum atomic E-state index is 10.2. The van der Waals surface area contributed by atoms with Crippen molar-refractivity contribution in [2.45, 2.75) is 38.8 Å². The first-order chi connectivity index (χ1) is 9.13. The SMILES string of the molecule is CCC(O)(CC)CNCc1c(OC)nc2sccn12. The summed E-state index contributed by atoms with van der Waals surface area (Å²) in [5.41, 5.74) is 0.361. The Morgan fingerprint density at radius 2 is 2.21 bits per heavy atom. The van der Waals surface area contributed by atoms with Crippen molar-refractivity contribution >= 4 is 16.3 Å². The molecule has 2 rings (SSSR count). The van der Waals surface area contributed by atoms with Gasteiger partial charge in [-0.1, -0.05) is 13.8 Å². The summed E-state index contributed by atoms with van der Waals surface area (Å²) in [6.07, 6.45) is 3.47. The molecule has 0 bridgehead atoms. The summed E-state index contributed by atoms with van der Waals surface area (Å²) >= 11 is 1.58. The first-order valence-corrected chi connectivity index (χ1v) is 7.43. The number of aromatic nitrogens is 2. The van der Waals surface area contributed by atoms with Gasteiger partial charge in [0.15, 0.2) is 4.96 Å². The van der Waals surface area contributed by atoms with Gasteiger partial charge in [0.05, 0.1) is 12.7 Å². The van der Waals surface area contributed by atoms with E-state index in [1.165, 1.54) is 0 Å². The second-order valence-electron chi connectivity index (χ2n) is 4.66. The van der Waals surface area contributed by atoms with E-state index in [0.717, 1.165) is 23.5 Å². The lowest BCUT2D eigenvalue weighted by molar-refractivity contribution is 0.0321. The quantitative estimate of drug-likeness (QED) is 0.816. The van der Waals surface area contributed by atoms with Crippen LogP contribution in [0.1, 0.15) is 32.4 Å². The highest BCUT2D eigenvalue weighted by Gasteiger charge is 2.22. The van der Waals surface area contributed by atoms with E-state index in [1.807, 2.05) is 29.8 Å². The zero-order valence-electron chi connectivity index (χ0n) is 11.6. The molecule has 0 saturated carbocycles. The summed E-state index contributed by atoms with van der Waals surface area (Å²) in [5.74, 6) is 0.649. The van der Waals surface area contributed by atoms with E-state index in [4.69, 9.17) is 4.74 Å². The lowest BCUT2D eigenvalue weighted by Gasteiger charge is -2.25. The maximum Gasteiger partial charge on any atom is 0.237 e. The van der Waals surface area contributed by atoms with Crippen LogP contribution in [-0.4, -0.2) is 33.7 Å². The molecule has 0 fully saturated rings. The second kappa shape index (κ2) is 5.90. The van der Waals surface area contributed by atoms with Gasteiger partial charge >= 0.3 is 0 Å². The van der Waals surface area contributed by atoms with Crippen LogP contribution in [0.3, 0.4) is 0 Å². The molecular formula is C13H21N3O2S. The summed E-state index contributed by atoms with van der Waals surface area (Å²) in [6.45, 7) is 5.20. The highest BCUT2D eigenvalue weighted by Crippen LogP contribution is 2.23. The Hall–Kier alpha value is -1.11. The molecule has 0 atom stereocenters. The Bertz CT molecular complexity index is 531. The Balaban J connectivity index is 2.06. The lowest BCUT2D eigenvalue weighted by Crippen LogP contribution is -2.39. The monoisotopic (exact) mass is 283 g/mol. The molecule has 0 radical (unpaired) electrons. The molecule has 2 N–H and O–H groups in total. The van der Waals surface area contributed by atoms with Gasteiger partial charge in [0, 0.05) is 24.7 Å². The number of fused-ring (bicyclic) bond motifs is 1. The molecule has 0 aliphatic rings. The minimum atomic E-state index is -0.633. The Labute approximate surface area is 117 Å². The van der Waals surface area contributed by atoms with E-state index in [1.54, 1.807) is 18.4 Å². The molecule has 2 heterocycles. The van der Waals surface area contributed by atoms with Gasteiger partial charge in [-0.25, -0.2) is 0 Å². The number of imidazole rings is 1. The van der Waals surface area contributed by atoms with Crippen LogP contribution in [0.5, 0.6) is 5.88 Å². The molecule has 5 nitrogen and oxygen atoms in total. The molecule has 2 aromatic rings. The van der Waals surface area contributed by atoms with Crippen molar-refractivity contribution in [3.8, 4) is 5.88 Å². The smallest absolute Gasteiger partial charge is 0.237 e. The number of ether oxygens (including phenoxy) is 1. The highest BCUT2D eigenvalue weighted by atomic mass is 32.1. The van der Waals surface area contributed by atoms with Crippen molar-refractivity contribution < 1.29 is 9.84 Å². The van der Waals surface area contributed by atoms with E-state index < -0.39 is 5.60 Å². The van der Waals surface area contributed by atoms with Gasteiger partial charge in [-0.2, -0.15) is 4.98 Å². The fourth-order valence-corrected chi connectivity index (χ4v) is 2.78. The number of rotatable bonds is 7. The van der Waals surface area contributed by atoms with Gasteiger partial charge in [-0.05, 0) is 12.8 Å². The number of thiazole rings is 1. The van der Waals surface area contributed by atoms with E-state index in [9.17, 15) is 5.11 Å². The maximum absolute atomic E-state index is 10.2. The third-order valence-corrected chi connectivity index (χ3v) is 4.34. The second-order valence-corrected chi connectivity index (χ2v) is 5.53. The van der Waals surface area contributed by atoms with Gasteiger partial charge in [-0.15, -0.1) is 11.3 Å². The van der Waals surface area contributed by atoms with Crippen LogP contribution in [0.25, 0.3) is 4.96 Å². The summed E-state index contributed by atoms with van der Waals surface area (Å²) in [7, 11) is 1.63. The van der Waals surface area contributed by atoms with Crippen LogP contribution in [0.15, 0.2) is 11.6 Å². The molecule has 0 spiro atoms. The van der Waals surface area contributed by atoms with Crippen LogP contribution in [0.4, 0.5) is 0 Å². The van der Waals surface area contributed by atoms with E-state index >= 15 is 0 Å². The molecule has 0 aliphatic heterocycles. The van der Waals surface area contributed by atoms with Crippen LogP contribution < -0.4 is 10.1 Å². The van der Waals surface area contributed by atoms with Crippen molar-refractivity contribution in [1.82, 2.24) is 14.7 Å². The van der Waals surface area contributed by atoms with E-state index in [2.05, 4.69) is 10.3 Å². The van der Waals surface area contributed by atoms with Crippen molar-refractivity contribution in [2.24, 2.45) is 0 Å². The largest absolute Gasteiger partial charge is 0.480 e. The summed E-state index contributed by atoms with van der Waals surface area (Å²) in [6, 6.07) is 0. The predicted octanol–water partition coefficient (Wildman–Crippen LogP) is 2.05. The number of hydrogen-bond acceptors (Lipinski definition) is 5. The van der Waals surface area contributed by atoms with Gasteiger partial charge in [0.1, 0.15) is 5.69 Å². The molecule has 19 heavy (non-hydrogen) atoms. The first-order valence-electron chi connectivity index (χ1n) is 6.55. The van der Waals surface area contributed by atoms with Crippen LogP contribution >= 0.6 is 11.3 Å². The van der Waals surface area contributed by atoms with Crippen molar-refractivity contribution in [2.75, 3.05) is 13.7 Å². The topological polar surface area (TPSA) is 58.8 Å². The predicted molar refractivity (Wildman–Crippen MR) is 76.9 cm³/mol. The van der Waals surface area contributed by atoms with E-state index in [-0.39, 0.29) is 0 Å². The Kier molecular flexibility index (Phi) is 4.44. The molecule has 0 unspecified atom stereocenters.